The molecule has 7 heteroatoms. The smallest absolute Gasteiger partial charge is 0.175 e. The van der Waals surface area contributed by atoms with Crippen molar-refractivity contribution >= 4 is 26.6 Å². The zero-order chi connectivity index (χ0) is 17.9. The number of aliphatic hydroxyl groups is 1. The van der Waals surface area contributed by atoms with Crippen LogP contribution in [0.5, 0.6) is 0 Å². The van der Waals surface area contributed by atoms with E-state index in [4.69, 9.17) is 0 Å². The van der Waals surface area contributed by atoms with Gasteiger partial charge in [-0.2, -0.15) is 0 Å². The molecule has 0 bridgehead atoms. The Hall–Kier alpha value is -2.51. The van der Waals surface area contributed by atoms with Gasteiger partial charge in [-0.15, -0.1) is 0 Å². The highest BCUT2D eigenvalue weighted by molar-refractivity contribution is 7.90. The minimum atomic E-state index is -3.32. The molecule has 25 heavy (non-hydrogen) atoms. The fourth-order valence-corrected chi connectivity index (χ4v) is 3.23. The van der Waals surface area contributed by atoms with Crippen LogP contribution < -0.4 is 5.32 Å². The van der Waals surface area contributed by atoms with Gasteiger partial charge in [0.05, 0.1) is 16.5 Å². The molecule has 0 fully saturated rings. The lowest BCUT2D eigenvalue weighted by atomic mass is 10.1. The Morgan fingerprint density at radius 3 is 2.60 bits per heavy atom. The number of aromatic nitrogens is 2. The van der Waals surface area contributed by atoms with Crippen molar-refractivity contribution in [1.82, 2.24) is 9.97 Å². The van der Waals surface area contributed by atoms with Crippen molar-refractivity contribution in [2.45, 2.75) is 17.4 Å². The topological polar surface area (TPSA) is 92.2 Å². The van der Waals surface area contributed by atoms with Crippen LogP contribution in [0.3, 0.4) is 0 Å². The highest BCUT2D eigenvalue weighted by Gasteiger charge is 2.12. The van der Waals surface area contributed by atoms with Gasteiger partial charge in [0.1, 0.15) is 12.1 Å². The Bertz CT molecular complexity index is 975. The summed E-state index contributed by atoms with van der Waals surface area (Å²) in [6, 6.07) is 14.4. The van der Waals surface area contributed by atoms with Crippen molar-refractivity contribution < 1.29 is 13.5 Å². The van der Waals surface area contributed by atoms with E-state index in [9.17, 15) is 13.5 Å². The zero-order valence-corrected chi connectivity index (χ0v) is 14.6. The minimum Gasteiger partial charge on any atom is -0.391 e. The van der Waals surface area contributed by atoms with Gasteiger partial charge in [-0.05, 0) is 23.8 Å². The standard InChI is InChI=1S/C18H19N3O3S/c1-25(23,24)15-7-8-17-16(10-15)18(21-12-20-17)19-11-14(22)9-13-5-3-2-4-6-13/h2-8,10,12,14,22H,9,11H2,1H3,(H,19,20,21). The van der Waals surface area contributed by atoms with Crippen molar-refractivity contribution in [3.8, 4) is 0 Å². The predicted octanol–water partition coefficient (Wildman–Crippen LogP) is 2.05. The van der Waals surface area contributed by atoms with Crippen LogP contribution in [0.25, 0.3) is 10.9 Å². The molecule has 2 aromatic carbocycles. The number of benzene rings is 2. The fourth-order valence-electron chi connectivity index (χ4n) is 2.58. The Kier molecular flexibility index (Phi) is 4.96. The molecular weight excluding hydrogens is 338 g/mol. The van der Waals surface area contributed by atoms with E-state index >= 15 is 0 Å². The molecule has 6 nitrogen and oxygen atoms in total. The summed E-state index contributed by atoms with van der Waals surface area (Å²) >= 11 is 0. The molecule has 3 rings (SSSR count). The van der Waals surface area contributed by atoms with E-state index < -0.39 is 15.9 Å². The molecule has 0 aliphatic carbocycles. The van der Waals surface area contributed by atoms with Crippen molar-refractivity contribution in [2.75, 3.05) is 18.1 Å². The highest BCUT2D eigenvalue weighted by atomic mass is 32.2. The van der Waals surface area contributed by atoms with Gasteiger partial charge < -0.3 is 10.4 Å². The summed E-state index contributed by atoms with van der Waals surface area (Å²) in [4.78, 5) is 8.54. The zero-order valence-electron chi connectivity index (χ0n) is 13.8. The molecule has 0 saturated carbocycles. The van der Waals surface area contributed by atoms with Crippen molar-refractivity contribution in [2.24, 2.45) is 0 Å². The van der Waals surface area contributed by atoms with Crippen LogP contribution in [-0.4, -0.2) is 42.4 Å². The largest absolute Gasteiger partial charge is 0.391 e. The number of aliphatic hydroxyl groups excluding tert-OH is 1. The molecule has 1 heterocycles. The summed E-state index contributed by atoms with van der Waals surface area (Å²) in [5.74, 6) is 0.502. The monoisotopic (exact) mass is 357 g/mol. The minimum absolute atomic E-state index is 0.211. The molecule has 1 unspecified atom stereocenters. The highest BCUT2D eigenvalue weighted by Crippen LogP contribution is 2.23. The third kappa shape index (κ3) is 4.32. The lowest BCUT2D eigenvalue weighted by Gasteiger charge is -2.14. The second-order valence-electron chi connectivity index (χ2n) is 5.90. The Labute approximate surface area is 146 Å². The molecule has 0 aliphatic heterocycles. The maximum Gasteiger partial charge on any atom is 0.175 e. The van der Waals surface area contributed by atoms with Gasteiger partial charge in [-0.3, -0.25) is 0 Å². The van der Waals surface area contributed by atoms with Crippen LogP contribution in [0.2, 0.25) is 0 Å². The second kappa shape index (κ2) is 7.16. The first kappa shape index (κ1) is 17.3. The molecule has 0 amide bonds. The Morgan fingerprint density at radius 1 is 1.12 bits per heavy atom. The van der Waals surface area contributed by atoms with Gasteiger partial charge >= 0.3 is 0 Å². The van der Waals surface area contributed by atoms with Crippen LogP contribution in [0.15, 0.2) is 59.8 Å². The van der Waals surface area contributed by atoms with Gasteiger partial charge in [-0.25, -0.2) is 18.4 Å². The maximum absolute atomic E-state index is 11.8. The van der Waals surface area contributed by atoms with Crippen molar-refractivity contribution in [1.29, 1.82) is 0 Å². The summed E-state index contributed by atoms with van der Waals surface area (Å²) in [5, 5.41) is 13.9. The van der Waals surface area contributed by atoms with Crippen molar-refractivity contribution in [3.63, 3.8) is 0 Å². The number of hydrogen-bond acceptors (Lipinski definition) is 6. The van der Waals surface area contributed by atoms with E-state index in [1.165, 1.54) is 12.4 Å². The predicted molar refractivity (Wildman–Crippen MR) is 97.3 cm³/mol. The SMILES string of the molecule is CS(=O)(=O)c1ccc2ncnc(NCC(O)Cc3ccccc3)c2c1. The van der Waals surface area contributed by atoms with E-state index in [1.54, 1.807) is 12.1 Å². The van der Waals surface area contributed by atoms with Crippen LogP contribution in [0, 0.1) is 0 Å². The third-order valence-corrected chi connectivity index (χ3v) is 4.96. The number of nitrogens with zero attached hydrogens (tertiary/aromatic N) is 2. The maximum atomic E-state index is 11.8. The molecule has 1 atom stereocenters. The molecule has 0 saturated heterocycles. The number of sulfone groups is 1. The van der Waals surface area contributed by atoms with E-state index in [1.807, 2.05) is 30.3 Å². The fraction of sp³-hybridized carbons (Fsp3) is 0.222. The third-order valence-electron chi connectivity index (χ3n) is 3.85. The van der Waals surface area contributed by atoms with Gasteiger partial charge in [0.15, 0.2) is 9.84 Å². The lowest BCUT2D eigenvalue weighted by molar-refractivity contribution is 0.188. The number of rotatable bonds is 6. The molecule has 130 valence electrons. The van der Waals surface area contributed by atoms with Crippen LogP contribution >= 0.6 is 0 Å². The lowest BCUT2D eigenvalue weighted by Crippen LogP contribution is -2.22. The quantitative estimate of drug-likeness (QED) is 0.701. The molecule has 0 aliphatic rings. The average Bonchev–Trinajstić information content (AvgIpc) is 2.59. The second-order valence-corrected chi connectivity index (χ2v) is 7.91. The van der Waals surface area contributed by atoms with E-state index in [-0.39, 0.29) is 4.90 Å². The molecule has 0 radical (unpaired) electrons. The first-order valence-electron chi connectivity index (χ1n) is 7.84. The summed E-state index contributed by atoms with van der Waals surface area (Å²) in [7, 11) is -3.32. The summed E-state index contributed by atoms with van der Waals surface area (Å²) in [5.41, 5.74) is 1.69. The van der Waals surface area contributed by atoms with Crippen LogP contribution in [-0.2, 0) is 16.3 Å². The van der Waals surface area contributed by atoms with Gasteiger partial charge in [0.2, 0.25) is 0 Å². The summed E-state index contributed by atoms with van der Waals surface area (Å²) < 4.78 is 23.5. The van der Waals surface area contributed by atoms with Gasteiger partial charge in [0, 0.05) is 24.6 Å². The van der Waals surface area contributed by atoms with Gasteiger partial charge in [0.25, 0.3) is 0 Å². The first-order valence-corrected chi connectivity index (χ1v) is 9.73. The molecule has 2 N–H and O–H groups in total. The number of nitrogens with one attached hydrogen (secondary N) is 1. The van der Waals surface area contributed by atoms with Crippen LogP contribution in [0.1, 0.15) is 5.56 Å². The number of fused-ring (bicyclic) bond motifs is 1. The average molecular weight is 357 g/mol. The molecule has 0 spiro atoms. The number of hydrogen-bond donors (Lipinski definition) is 2. The molecule has 3 aromatic rings. The van der Waals surface area contributed by atoms with Crippen molar-refractivity contribution in [3.05, 3.63) is 60.4 Å². The van der Waals surface area contributed by atoms with E-state index in [2.05, 4.69) is 15.3 Å². The first-order chi connectivity index (χ1) is 11.9. The normalized spacial score (nSPS) is 12.9. The number of anilines is 1. The summed E-state index contributed by atoms with van der Waals surface area (Å²) in [6.45, 7) is 0.296. The Balaban J connectivity index is 1.79. The molecule has 1 aromatic heterocycles. The summed E-state index contributed by atoms with van der Waals surface area (Å²) in [6.07, 6.45) is 2.50. The van der Waals surface area contributed by atoms with Crippen LogP contribution in [0.4, 0.5) is 5.82 Å². The van der Waals surface area contributed by atoms with E-state index in [0.29, 0.717) is 29.7 Å². The molecular formula is C18H19N3O3S. The Morgan fingerprint density at radius 2 is 1.88 bits per heavy atom. The van der Waals surface area contributed by atoms with E-state index in [0.717, 1.165) is 11.8 Å². The van der Waals surface area contributed by atoms with Gasteiger partial charge in [-0.1, -0.05) is 30.3 Å².